The Hall–Kier alpha value is -2.45. The molecule has 0 amide bonds. The van der Waals surface area contributed by atoms with Crippen molar-refractivity contribution in [3.8, 4) is 0 Å². The third kappa shape index (κ3) is 4.96. The van der Waals surface area contributed by atoms with E-state index in [1.807, 2.05) is 12.1 Å². The molecule has 1 saturated heterocycles. The molecule has 0 unspecified atom stereocenters. The van der Waals surface area contributed by atoms with E-state index >= 15 is 0 Å². The number of rotatable bonds is 5. The quantitative estimate of drug-likeness (QED) is 0.461. The van der Waals surface area contributed by atoms with E-state index in [-0.39, 0.29) is 0 Å². The fourth-order valence-electron chi connectivity index (χ4n) is 4.59. The van der Waals surface area contributed by atoms with Crippen molar-refractivity contribution >= 4 is 22.9 Å². The summed E-state index contributed by atoms with van der Waals surface area (Å²) in [6, 6.07) is 15.1. The number of nitrogens with zero attached hydrogens (tertiary/aromatic N) is 2. The summed E-state index contributed by atoms with van der Waals surface area (Å²) >= 11 is 6.06. The van der Waals surface area contributed by atoms with E-state index in [1.165, 1.54) is 40.1 Å². The van der Waals surface area contributed by atoms with Crippen LogP contribution in [0.25, 0.3) is 5.57 Å². The molecule has 2 aliphatic rings. The third-order valence-corrected chi connectivity index (χ3v) is 6.82. The van der Waals surface area contributed by atoms with Crippen LogP contribution in [0.15, 0.2) is 72.7 Å². The minimum Gasteiger partial charge on any atom is -0.344 e. The lowest BCUT2D eigenvalue weighted by Crippen LogP contribution is -2.41. The van der Waals surface area contributed by atoms with E-state index in [0.717, 1.165) is 43.1 Å². The van der Waals surface area contributed by atoms with Crippen LogP contribution in [0.4, 0.5) is 5.69 Å². The first-order chi connectivity index (χ1) is 15.2. The van der Waals surface area contributed by atoms with E-state index in [1.54, 1.807) is 0 Å². The van der Waals surface area contributed by atoms with Gasteiger partial charge in [0.1, 0.15) is 0 Å². The number of hydrogen-bond acceptors (Lipinski definition) is 2. The van der Waals surface area contributed by atoms with Gasteiger partial charge in [-0.3, -0.25) is 0 Å². The lowest BCUT2D eigenvalue weighted by molar-refractivity contribution is 0.378. The van der Waals surface area contributed by atoms with Gasteiger partial charge >= 0.3 is 0 Å². The summed E-state index contributed by atoms with van der Waals surface area (Å²) < 4.78 is 0. The van der Waals surface area contributed by atoms with E-state index < -0.39 is 0 Å². The Kier molecular flexibility index (Phi) is 6.53. The van der Waals surface area contributed by atoms with E-state index in [0.29, 0.717) is 5.41 Å². The SMILES string of the molecule is C=C1C2=CCC(c3ccc(Cl)cc3)=CN2CCN1c1ccc(CCC(C)(C)C)c(CC)c1. The van der Waals surface area contributed by atoms with Crippen LogP contribution in [0.2, 0.25) is 5.02 Å². The van der Waals surface area contributed by atoms with Gasteiger partial charge in [0.15, 0.2) is 0 Å². The molecule has 0 N–H and O–H groups in total. The second-order valence-corrected chi connectivity index (χ2v) is 10.6. The predicted octanol–water partition coefficient (Wildman–Crippen LogP) is 7.85. The molecular formula is C29H35ClN2. The highest BCUT2D eigenvalue weighted by Gasteiger charge is 2.27. The Morgan fingerprint density at radius 3 is 2.44 bits per heavy atom. The number of piperazine rings is 1. The fraction of sp³-hybridized carbons (Fsp3) is 0.379. The molecule has 0 bridgehead atoms. The Balaban J connectivity index is 1.51. The van der Waals surface area contributed by atoms with Crippen molar-refractivity contribution in [3.63, 3.8) is 0 Å². The van der Waals surface area contributed by atoms with Gasteiger partial charge in [0.05, 0.1) is 11.4 Å². The van der Waals surface area contributed by atoms with Crippen molar-refractivity contribution in [2.75, 3.05) is 18.0 Å². The molecule has 1 fully saturated rings. The average Bonchev–Trinajstić information content (AvgIpc) is 2.77. The lowest BCUT2D eigenvalue weighted by Gasteiger charge is -2.41. The van der Waals surface area contributed by atoms with Gasteiger partial charge < -0.3 is 9.80 Å². The van der Waals surface area contributed by atoms with Crippen LogP contribution in [-0.2, 0) is 12.8 Å². The molecule has 2 aromatic carbocycles. The zero-order valence-electron chi connectivity index (χ0n) is 19.9. The van der Waals surface area contributed by atoms with Crippen molar-refractivity contribution < 1.29 is 0 Å². The smallest absolute Gasteiger partial charge is 0.0604 e. The van der Waals surface area contributed by atoms with Gasteiger partial charge in [0.2, 0.25) is 0 Å². The maximum absolute atomic E-state index is 6.06. The van der Waals surface area contributed by atoms with Crippen LogP contribution >= 0.6 is 11.6 Å². The second kappa shape index (κ2) is 9.19. The summed E-state index contributed by atoms with van der Waals surface area (Å²) in [6.45, 7) is 15.6. The maximum Gasteiger partial charge on any atom is 0.0604 e. The molecule has 0 spiro atoms. The van der Waals surface area contributed by atoms with Crippen LogP contribution < -0.4 is 4.90 Å². The first kappa shape index (κ1) is 22.7. The summed E-state index contributed by atoms with van der Waals surface area (Å²) in [5, 5.41) is 0.777. The Bertz CT molecular complexity index is 1050. The molecule has 3 heteroatoms. The monoisotopic (exact) mass is 446 g/mol. The van der Waals surface area contributed by atoms with Gasteiger partial charge in [-0.2, -0.15) is 0 Å². The van der Waals surface area contributed by atoms with Gasteiger partial charge in [0, 0.05) is 30.0 Å². The molecule has 0 aliphatic carbocycles. The molecule has 2 nitrogen and oxygen atoms in total. The molecule has 2 aliphatic heterocycles. The van der Waals surface area contributed by atoms with Gasteiger partial charge in [-0.25, -0.2) is 0 Å². The van der Waals surface area contributed by atoms with Gasteiger partial charge in [-0.15, -0.1) is 0 Å². The maximum atomic E-state index is 6.06. The summed E-state index contributed by atoms with van der Waals surface area (Å²) in [4.78, 5) is 4.74. The zero-order valence-corrected chi connectivity index (χ0v) is 20.7. The minimum absolute atomic E-state index is 0.361. The van der Waals surface area contributed by atoms with Crippen LogP contribution in [0.5, 0.6) is 0 Å². The topological polar surface area (TPSA) is 6.48 Å². The largest absolute Gasteiger partial charge is 0.344 e. The summed E-state index contributed by atoms with van der Waals surface area (Å²) in [5.41, 5.74) is 9.45. The standard InChI is InChI=1S/C29H35ClN2/c1-6-22-19-27(13-9-24(22)15-16-29(3,4)5)32-18-17-31-20-25(10-14-28(31)21(32)2)23-7-11-26(30)12-8-23/h7-9,11-14,19-20H,2,6,10,15-18H2,1,3-5H3. The molecule has 4 rings (SSSR count). The molecule has 2 aromatic rings. The Morgan fingerprint density at radius 2 is 1.75 bits per heavy atom. The normalized spacial score (nSPS) is 16.6. The highest BCUT2D eigenvalue weighted by molar-refractivity contribution is 6.30. The number of aryl methyl sites for hydroxylation is 2. The summed E-state index contributed by atoms with van der Waals surface area (Å²) in [5.74, 6) is 0. The zero-order chi connectivity index (χ0) is 22.9. The first-order valence-corrected chi connectivity index (χ1v) is 12.1. The van der Waals surface area contributed by atoms with E-state index in [4.69, 9.17) is 11.6 Å². The van der Waals surface area contributed by atoms with Crippen molar-refractivity contribution in [1.82, 2.24) is 4.90 Å². The van der Waals surface area contributed by atoms with Crippen LogP contribution in [0, 0.1) is 5.41 Å². The summed E-state index contributed by atoms with van der Waals surface area (Å²) in [6.07, 6.45) is 8.93. The van der Waals surface area contributed by atoms with Crippen molar-refractivity contribution in [2.45, 2.75) is 53.4 Å². The van der Waals surface area contributed by atoms with E-state index in [2.05, 4.69) is 86.7 Å². The number of anilines is 1. The second-order valence-electron chi connectivity index (χ2n) is 10.1. The third-order valence-electron chi connectivity index (χ3n) is 6.56. The molecule has 0 saturated carbocycles. The van der Waals surface area contributed by atoms with Gasteiger partial charge in [-0.1, -0.05) is 70.1 Å². The molecule has 2 heterocycles. The minimum atomic E-state index is 0.361. The fourth-order valence-corrected chi connectivity index (χ4v) is 4.71. The Labute approximate surface area is 198 Å². The number of benzene rings is 2. The molecule has 0 radical (unpaired) electrons. The van der Waals surface area contributed by atoms with Gasteiger partial charge in [-0.05, 0) is 77.6 Å². The summed E-state index contributed by atoms with van der Waals surface area (Å²) in [7, 11) is 0. The van der Waals surface area contributed by atoms with Crippen molar-refractivity contribution in [2.24, 2.45) is 5.41 Å². The van der Waals surface area contributed by atoms with E-state index in [9.17, 15) is 0 Å². The van der Waals surface area contributed by atoms with Crippen LogP contribution in [0.3, 0.4) is 0 Å². The first-order valence-electron chi connectivity index (χ1n) is 11.8. The van der Waals surface area contributed by atoms with Crippen molar-refractivity contribution in [3.05, 3.63) is 94.4 Å². The number of halogens is 1. The highest BCUT2D eigenvalue weighted by atomic mass is 35.5. The molecule has 32 heavy (non-hydrogen) atoms. The molecule has 168 valence electrons. The molecular weight excluding hydrogens is 412 g/mol. The average molecular weight is 447 g/mol. The van der Waals surface area contributed by atoms with Crippen LogP contribution in [0.1, 0.15) is 57.2 Å². The van der Waals surface area contributed by atoms with Crippen LogP contribution in [-0.4, -0.2) is 18.0 Å². The lowest BCUT2D eigenvalue weighted by atomic mass is 9.87. The molecule has 0 atom stereocenters. The number of fused-ring (bicyclic) bond motifs is 1. The molecule has 0 aromatic heterocycles. The number of allylic oxidation sites excluding steroid dienone is 2. The van der Waals surface area contributed by atoms with Gasteiger partial charge in [0.25, 0.3) is 0 Å². The number of hydrogen-bond donors (Lipinski definition) is 0. The van der Waals surface area contributed by atoms with Crippen molar-refractivity contribution in [1.29, 1.82) is 0 Å². The predicted molar refractivity (Wildman–Crippen MR) is 139 cm³/mol. The Morgan fingerprint density at radius 1 is 1.00 bits per heavy atom. The highest BCUT2D eigenvalue weighted by Crippen LogP contribution is 2.36.